The Morgan fingerprint density at radius 3 is 2.14 bits per heavy atom. The van der Waals surface area contributed by atoms with Gasteiger partial charge in [-0.05, 0) is 42.6 Å². The normalized spacial score (nSPS) is 13.2. The lowest BCUT2D eigenvalue weighted by Crippen LogP contribution is -2.44. The Kier molecular flexibility index (Phi) is 5.46. The highest BCUT2D eigenvalue weighted by Gasteiger charge is 2.27. The van der Waals surface area contributed by atoms with Crippen LogP contribution < -0.4 is 15.2 Å². The molecule has 0 aromatic heterocycles. The van der Waals surface area contributed by atoms with Gasteiger partial charge in [-0.3, -0.25) is 14.4 Å². The molecule has 0 bridgehead atoms. The fourth-order valence-electron chi connectivity index (χ4n) is 1.63. The molecule has 0 unspecified atom stereocenters. The number of carbonyl (C=O) groups excluding carboxylic acids is 3. The molecule has 1 aromatic rings. The molecule has 1 atom stereocenters. The number of nitrogens with two attached hydrogens (primary N) is 1. The molecular weight excluding hydrogens is 298 g/mol. The average Bonchev–Trinajstić information content (AvgIpc) is 2.30. The summed E-state index contributed by atoms with van der Waals surface area (Å²) >= 11 is 5.42. The van der Waals surface area contributed by atoms with Crippen LogP contribution in [0.15, 0.2) is 18.2 Å². The van der Waals surface area contributed by atoms with Crippen LogP contribution in [0.1, 0.15) is 26.3 Å². The highest BCUT2D eigenvalue weighted by atomic mass is 35.5. The summed E-state index contributed by atoms with van der Waals surface area (Å²) < 4.78 is 9.93. The lowest BCUT2D eigenvalue weighted by molar-refractivity contribution is -0.134. The highest BCUT2D eigenvalue weighted by molar-refractivity contribution is 6.65. The largest absolute Gasteiger partial charge is 0.423 e. The standard InChI is InChI=1S/C14H16ClNO5/c1-8(17)20-11-5-4-10(6-12(11)21-9(2)18)7-14(3,16)13(15)19/h4-6H,7,16H2,1-3H3/t14-/m0/s1. The molecule has 6 nitrogen and oxygen atoms in total. The van der Waals surface area contributed by atoms with Gasteiger partial charge in [0.05, 0.1) is 5.54 Å². The van der Waals surface area contributed by atoms with E-state index in [-0.39, 0.29) is 17.9 Å². The smallest absolute Gasteiger partial charge is 0.308 e. The fraction of sp³-hybridized carbons (Fsp3) is 0.357. The molecule has 7 heteroatoms. The van der Waals surface area contributed by atoms with Crippen molar-refractivity contribution >= 4 is 28.8 Å². The van der Waals surface area contributed by atoms with Crippen molar-refractivity contribution in [2.24, 2.45) is 5.73 Å². The predicted octanol–water partition coefficient (Wildman–Crippen LogP) is 1.56. The maximum Gasteiger partial charge on any atom is 0.308 e. The van der Waals surface area contributed by atoms with E-state index in [2.05, 4.69) is 0 Å². The number of hydrogen-bond acceptors (Lipinski definition) is 6. The molecule has 2 N–H and O–H groups in total. The molecule has 0 spiro atoms. The van der Waals surface area contributed by atoms with Gasteiger partial charge >= 0.3 is 11.9 Å². The van der Waals surface area contributed by atoms with Gasteiger partial charge in [-0.1, -0.05) is 6.07 Å². The first kappa shape index (κ1) is 17.1. The number of hydrogen-bond donors (Lipinski definition) is 1. The summed E-state index contributed by atoms with van der Waals surface area (Å²) in [7, 11) is 0. The van der Waals surface area contributed by atoms with Gasteiger partial charge < -0.3 is 15.2 Å². The van der Waals surface area contributed by atoms with Crippen LogP contribution in [0.2, 0.25) is 0 Å². The summed E-state index contributed by atoms with van der Waals surface area (Å²) in [6.45, 7) is 3.95. The predicted molar refractivity (Wildman–Crippen MR) is 76.2 cm³/mol. The summed E-state index contributed by atoms with van der Waals surface area (Å²) in [4.78, 5) is 33.3. The van der Waals surface area contributed by atoms with Crippen LogP contribution in [-0.2, 0) is 20.8 Å². The number of rotatable bonds is 5. The van der Waals surface area contributed by atoms with Crippen molar-refractivity contribution in [1.29, 1.82) is 0 Å². The Hall–Kier alpha value is -1.92. The zero-order valence-electron chi connectivity index (χ0n) is 11.9. The lowest BCUT2D eigenvalue weighted by atomic mass is 9.95. The van der Waals surface area contributed by atoms with E-state index in [1.165, 1.54) is 32.9 Å². The van der Waals surface area contributed by atoms with Gasteiger partial charge in [-0.2, -0.15) is 0 Å². The molecule has 1 rings (SSSR count). The average molecular weight is 314 g/mol. The quantitative estimate of drug-likeness (QED) is 0.503. The third-order valence-corrected chi connectivity index (χ3v) is 2.97. The van der Waals surface area contributed by atoms with E-state index in [4.69, 9.17) is 26.8 Å². The number of ether oxygens (including phenoxy) is 2. The van der Waals surface area contributed by atoms with Crippen LogP contribution in [-0.4, -0.2) is 22.7 Å². The van der Waals surface area contributed by atoms with E-state index in [0.717, 1.165) is 0 Å². The van der Waals surface area contributed by atoms with E-state index in [9.17, 15) is 14.4 Å². The van der Waals surface area contributed by atoms with Crippen LogP contribution in [0.25, 0.3) is 0 Å². The molecule has 114 valence electrons. The van der Waals surface area contributed by atoms with Gasteiger partial charge in [0.25, 0.3) is 0 Å². The molecule has 0 aliphatic rings. The first-order valence-electron chi connectivity index (χ1n) is 6.10. The van der Waals surface area contributed by atoms with Gasteiger partial charge in [-0.25, -0.2) is 0 Å². The minimum atomic E-state index is -1.25. The van der Waals surface area contributed by atoms with E-state index in [0.29, 0.717) is 5.56 Å². The van der Waals surface area contributed by atoms with Crippen LogP contribution in [0, 0.1) is 0 Å². The molecule has 0 fully saturated rings. The van der Waals surface area contributed by atoms with Crippen molar-refractivity contribution in [2.75, 3.05) is 0 Å². The Balaban J connectivity index is 3.11. The van der Waals surface area contributed by atoms with E-state index in [1.54, 1.807) is 6.07 Å². The zero-order chi connectivity index (χ0) is 16.2. The van der Waals surface area contributed by atoms with Gasteiger partial charge in [0, 0.05) is 13.8 Å². The van der Waals surface area contributed by atoms with Crippen molar-refractivity contribution < 1.29 is 23.9 Å². The molecule has 21 heavy (non-hydrogen) atoms. The molecule has 0 saturated heterocycles. The summed E-state index contributed by atoms with van der Waals surface area (Å²) in [5, 5.41) is -0.680. The van der Waals surface area contributed by atoms with Crippen molar-refractivity contribution in [3.63, 3.8) is 0 Å². The van der Waals surface area contributed by atoms with Gasteiger partial charge in [0.1, 0.15) is 0 Å². The number of benzene rings is 1. The molecule has 0 amide bonds. The molecule has 0 aliphatic carbocycles. The Bertz CT molecular complexity index is 583. The minimum absolute atomic E-state index is 0.0769. The second-order valence-corrected chi connectivity index (χ2v) is 5.18. The summed E-state index contributed by atoms with van der Waals surface area (Å²) in [6, 6.07) is 4.55. The van der Waals surface area contributed by atoms with Crippen molar-refractivity contribution in [3.05, 3.63) is 23.8 Å². The third kappa shape index (κ3) is 5.17. The summed E-state index contributed by atoms with van der Waals surface area (Å²) in [5.41, 5.74) is 5.15. The first-order chi connectivity index (χ1) is 9.61. The molecule has 0 heterocycles. The number of esters is 2. The lowest BCUT2D eigenvalue weighted by Gasteiger charge is -2.20. The number of carbonyl (C=O) groups is 3. The van der Waals surface area contributed by atoms with Gasteiger partial charge in [0.2, 0.25) is 5.24 Å². The van der Waals surface area contributed by atoms with E-state index < -0.39 is 22.7 Å². The Morgan fingerprint density at radius 2 is 1.67 bits per heavy atom. The van der Waals surface area contributed by atoms with Crippen molar-refractivity contribution in [3.8, 4) is 11.5 Å². The van der Waals surface area contributed by atoms with Crippen LogP contribution >= 0.6 is 11.6 Å². The topological polar surface area (TPSA) is 95.7 Å². The second-order valence-electron chi connectivity index (χ2n) is 4.84. The maximum absolute atomic E-state index is 11.2. The number of halogens is 1. The van der Waals surface area contributed by atoms with Crippen molar-refractivity contribution in [2.45, 2.75) is 32.7 Å². The molecular formula is C14H16ClNO5. The van der Waals surface area contributed by atoms with Crippen molar-refractivity contribution in [1.82, 2.24) is 0 Å². The molecule has 0 saturated carbocycles. The molecule has 0 aliphatic heterocycles. The van der Waals surface area contributed by atoms with Gasteiger partial charge in [-0.15, -0.1) is 0 Å². The molecule has 1 aromatic carbocycles. The summed E-state index contributed by atoms with van der Waals surface area (Å²) in [5.74, 6) is -0.925. The Labute approximate surface area is 127 Å². The molecule has 0 radical (unpaired) electrons. The second kappa shape index (κ2) is 6.69. The minimum Gasteiger partial charge on any atom is -0.423 e. The first-order valence-corrected chi connectivity index (χ1v) is 6.48. The van der Waals surface area contributed by atoms with Crippen LogP contribution in [0.3, 0.4) is 0 Å². The Morgan fingerprint density at radius 1 is 1.14 bits per heavy atom. The van der Waals surface area contributed by atoms with Gasteiger partial charge in [0.15, 0.2) is 11.5 Å². The SMILES string of the molecule is CC(=O)Oc1ccc(C[C@](C)(N)C(=O)Cl)cc1OC(C)=O. The maximum atomic E-state index is 11.2. The zero-order valence-corrected chi connectivity index (χ0v) is 12.7. The highest BCUT2D eigenvalue weighted by Crippen LogP contribution is 2.30. The van der Waals surface area contributed by atoms with E-state index >= 15 is 0 Å². The monoisotopic (exact) mass is 313 g/mol. The van der Waals surface area contributed by atoms with Crippen LogP contribution in [0.5, 0.6) is 11.5 Å². The van der Waals surface area contributed by atoms with E-state index in [1.807, 2.05) is 0 Å². The fourth-order valence-corrected chi connectivity index (χ4v) is 1.70. The third-order valence-electron chi connectivity index (χ3n) is 2.54. The summed E-state index contributed by atoms with van der Waals surface area (Å²) in [6.07, 6.45) is 0.143. The van der Waals surface area contributed by atoms with Crippen LogP contribution in [0.4, 0.5) is 0 Å².